The van der Waals surface area contributed by atoms with E-state index in [1.165, 1.54) is 18.3 Å². The monoisotopic (exact) mass is 388 g/mol. The molecule has 0 aliphatic carbocycles. The van der Waals surface area contributed by atoms with Gasteiger partial charge in [0.2, 0.25) is 0 Å². The van der Waals surface area contributed by atoms with E-state index in [1.54, 1.807) is 18.2 Å². The number of anilines is 1. The van der Waals surface area contributed by atoms with Gasteiger partial charge in [0.25, 0.3) is 5.91 Å². The van der Waals surface area contributed by atoms with Gasteiger partial charge in [-0.25, -0.2) is 5.43 Å². The highest BCUT2D eigenvalue weighted by Crippen LogP contribution is 2.24. The summed E-state index contributed by atoms with van der Waals surface area (Å²) < 4.78 is 5.12. The molecule has 0 heterocycles. The van der Waals surface area contributed by atoms with Crippen molar-refractivity contribution in [2.45, 2.75) is 6.92 Å². The van der Waals surface area contributed by atoms with Gasteiger partial charge in [0.05, 0.1) is 11.2 Å². The molecular formula is C18H17ClN4O4. The van der Waals surface area contributed by atoms with Gasteiger partial charge in [0, 0.05) is 5.69 Å². The van der Waals surface area contributed by atoms with Crippen LogP contribution < -0.4 is 21.2 Å². The third kappa shape index (κ3) is 6.44. The average molecular weight is 389 g/mol. The first-order valence-corrected chi connectivity index (χ1v) is 8.14. The number of nitrogens with one attached hydrogen (secondary N) is 2. The number of carbonyl (C=O) groups is 3. The first kappa shape index (κ1) is 19.9. The Morgan fingerprint density at radius 1 is 1.15 bits per heavy atom. The molecular weight excluding hydrogens is 372 g/mol. The number of halogens is 1. The van der Waals surface area contributed by atoms with Crippen LogP contribution in [0.5, 0.6) is 5.75 Å². The van der Waals surface area contributed by atoms with Crippen LogP contribution in [-0.2, 0) is 14.4 Å². The summed E-state index contributed by atoms with van der Waals surface area (Å²) in [4.78, 5) is 34.2. The SMILES string of the molecule is Cc1ccc(NC(=O)C(=O)N/N=C\c2ccc(OCC(N)=O)c(Cl)c2)cc1. The first-order valence-electron chi connectivity index (χ1n) is 7.77. The molecule has 2 aromatic rings. The second-order valence-electron chi connectivity index (χ2n) is 5.46. The van der Waals surface area contributed by atoms with E-state index in [0.29, 0.717) is 11.3 Å². The smallest absolute Gasteiger partial charge is 0.329 e. The molecule has 0 radical (unpaired) electrons. The highest BCUT2D eigenvalue weighted by molar-refractivity contribution is 6.39. The van der Waals surface area contributed by atoms with Crippen molar-refractivity contribution >= 4 is 41.2 Å². The van der Waals surface area contributed by atoms with Crippen LogP contribution in [0.2, 0.25) is 5.02 Å². The Hall–Kier alpha value is -3.39. The van der Waals surface area contributed by atoms with Crippen molar-refractivity contribution in [3.8, 4) is 5.75 Å². The fraction of sp³-hybridized carbons (Fsp3) is 0.111. The van der Waals surface area contributed by atoms with Gasteiger partial charge in [-0.05, 0) is 42.8 Å². The third-order valence-electron chi connectivity index (χ3n) is 3.22. The molecule has 140 valence electrons. The molecule has 2 aromatic carbocycles. The molecule has 8 nitrogen and oxygen atoms in total. The van der Waals surface area contributed by atoms with Gasteiger partial charge in [-0.1, -0.05) is 29.3 Å². The van der Waals surface area contributed by atoms with Crippen LogP contribution in [0, 0.1) is 6.92 Å². The number of aryl methyl sites for hydroxylation is 1. The quantitative estimate of drug-likeness (QED) is 0.395. The summed E-state index contributed by atoms with van der Waals surface area (Å²) in [5, 5.41) is 6.40. The highest BCUT2D eigenvalue weighted by Gasteiger charge is 2.12. The Balaban J connectivity index is 1.89. The number of hydrogen-bond acceptors (Lipinski definition) is 5. The molecule has 4 N–H and O–H groups in total. The number of hydrogen-bond donors (Lipinski definition) is 3. The molecule has 3 amide bonds. The molecule has 2 rings (SSSR count). The van der Waals surface area contributed by atoms with Crippen molar-refractivity contribution in [2.24, 2.45) is 10.8 Å². The summed E-state index contributed by atoms with van der Waals surface area (Å²) in [5.41, 5.74) is 9.20. The van der Waals surface area contributed by atoms with E-state index < -0.39 is 17.7 Å². The number of hydrazone groups is 1. The lowest BCUT2D eigenvalue weighted by Gasteiger charge is -2.06. The van der Waals surface area contributed by atoms with E-state index in [2.05, 4.69) is 15.8 Å². The molecule has 0 aromatic heterocycles. The number of nitrogens with zero attached hydrogens (tertiary/aromatic N) is 1. The predicted octanol–water partition coefficient (Wildman–Crippen LogP) is 1.60. The molecule has 0 aliphatic heterocycles. The lowest BCUT2D eigenvalue weighted by atomic mass is 10.2. The van der Waals surface area contributed by atoms with Crippen LogP contribution in [0.1, 0.15) is 11.1 Å². The molecule has 0 saturated carbocycles. The number of ether oxygens (including phenoxy) is 1. The molecule has 0 unspecified atom stereocenters. The zero-order valence-corrected chi connectivity index (χ0v) is 15.1. The minimum Gasteiger partial charge on any atom is -0.482 e. The van der Waals surface area contributed by atoms with Gasteiger partial charge in [-0.2, -0.15) is 5.10 Å². The predicted molar refractivity (Wildman–Crippen MR) is 102 cm³/mol. The van der Waals surface area contributed by atoms with Crippen LogP contribution in [0.3, 0.4) is 0 Å². The second-order valence-corrected chi connectivity index (χ2v) is 5.87. The highest BCUT2D eigenvalue weighted by atomic mass is 35.5. The molecule has 0 atom stereocenters. The average Bonchev–Trinajstić information content (AvgIpc) is 2.62. The van der Waals surface area contributed by atoms with Crippen LogP contribution in [0.15, 0.2) is 47.6 Å². The van der Waals surface area contributed by atoms with Gasteiger partial charge >= 0.3 is 11.8 Å². The zero-order chi connectivity index (χ0) is 19.8. The third-order valence-corrected chi connectivity index (χ3v) is 3.52. The largest absolute Gasteiger partial charge is 0.482 e. The van der Waals surface area contributed by atoms with E-state index in [0.717, 1.165) is 5.56 Å². The topological polar surface area (TPSA) is 123 Å². The molecule has 0 bridgehead atoms. The lowest BCUT2D eigenvalue weighted by molar-refractivity contribution is -0.136. The summed E-state index contributed by atoms with van der Waals surface area (Å²) in [7, 11) is 0. The first-order chi connectivity index (χ1) is 12.8. The maximum absolute atomic E-state index is 11.8. The van der Waals surface area contributed by atoms with Crippen molar-refractivity contribution in [1.82, 2.24) is 5.43 Å². The minimum atomic E-state index is -0.917. The maximum atomic E-state index is 11.8. The molecule has 27 heavy (non-hydrogen) atoms. The molecule has 0 fully saturated rings. The van der Waals surface area contributed by atoms with Crippen LogP contribution >= 0.6 is 11.6 Å². The maximum Gasteiger partial charge on any atom is 0.329 e. The summed E-state index contributed by atoms with van der Waals surface area (Å²) >= 11 is 6.02. The molecule has 9 heteroatoms. The summed E-state index contributed by atoms with van der Waals surface area (Å²) in [6.45, 7) is 1.62. The molecule has 0 aliphatic rings. The van der Waals surface area contributed by atoms with Gasteiger partial charge in [-0.15, -0.1) is 0 Å². The van der Waals surface area contributed by atoms with Crippen LogP contribution in [0.25, 0.3) is 0 Å². The van der Waals surface area contributed by atoms with Gasteiger partial charge < -0.3 is 15.8 Å². The molecule has 0 saturated heterocycles. The van der Waals surface area contributed by atoms with E-state index >= 15 is 0 Å². The van der Waals surface area contributed by atoms with Gasteiger partial charge in [0.1, 0.15) is 5.75 Å². The van der Waals surface area contributed by atoms with E-state index in [4.69, 9.17) is 22.1 Å². The van der Waals surface area contributed by atoms with E-state index in [-0.39, 0.29) is 17.4 Å². The van der Waals surface area contributed by atoms with Crippen molar-refractivity contribution in [3.05, 3.63) is 58.6 Å². The van der Waals surface area contributed by atoms with Gasteiger partial charge in [-0.3, -0.25) is 14.4 Å². The van der Waals surface area contributed by atoms with Gasteiger partial charge in [0.15, 0.2) is 6.61 Å². The van der Waals surface area contributed by atoms with Crippen LogP contribution in [0.4, 0.5) is 5.69 Å². The normalized spacial score (nSPS) is 10.4. The number of rotatable bonds is 6. The summed E-state index contributed by atoms with van der Waals surface area (Å²) in [5.74, 6) is -2.10. The minimum absolute atomic E-state index is 0.239. The zero-order valence-electron chi connectivity index (χ0n) is 14.4. The number of amides is 3. The molecule has 0 spiro atoms. The fourth-order valence-electron chi connectivity index (χ4n) is 1.90. The Kier molecular flexibility index (Phi) is 6.90. The van der Waals surface area contributed by atoms with Crippen molar-refractivity contribution in [3.63, 3.8) is 0 Å². The number of carbonyl (C=O) groups excluding carboxylic acids is 3. The Morgan fingerprint density at radius 2 is 1.85 bits per heavy atom. The lowest BCUT2D eigenvalue weighted by Crippen LogP contribution is -2.32. The van der Waals surface area contributed by atoms with Crippen molar-refractivity contribution in [2.75, 3.05) is 11.9 Å². The van der Waals surface area contributed by atoms with Crippen LogP contribution in [-0.4, -0.2) is 30.5 Å². The van der Waals surface area contributed by atoms with E-state index in [9.17, 15) is 14.4 Å². The summed E-state index contributed by atoms with van der Waals surface area (Å²) in [6.07, 6.45) is 1.31. The number of primary amides is 1. The summed E-state index contributed by atoms with van der Waals surface area (Å²) in [6, 6.07) is 11.6. The second kappa shape index (κ2) is 9.35. The Bertz CT molecular complexity index is 881. The standard InChI is InChI=1S/C18H17ClN4O4/c1-11-2-5-13(6-3-11)22-17(25)18(26)23-21-9-12-4-7-15(14(19)8-12)27-10-16(20)24/h2-9H,10H2,1H3,(H2,20,24)(H,22,25)(H,23,26)/b21-9-. The Morgan fingerprint density at radius 3 is 2.48 bits per heavy atom. The fourth-order valence-corrected chi connectivity index (χ4v) is 2.15. The number of nitrogens with two attached hydrogens (primary N) is 1. The van der Waals surface area contributed by atoms with Crippen molar-refractivity contribution < 1.29 is 19.1 Å². The van der Waals surface area contributed by atoms with Crippen molar-refractivity contribution in [1.29, 1.82) is 0 Å². The number of benzene rings is 2. The van der Waals surface area contributed by atoms with E-state index in [1.807, 2.05) is 19.1 Å². The Labute approximate surface area is 160 Å².